The molecule has 0 radical (unpaired) electrons. The van der Waals surface area contributed by atoms with E-state index < -0.39 is 29.0 Å². The SMILES string of the molecule is Cc1ccc2c(c1)c1cc(C)ccc1n2-c1cc(-c2ccc(C(F)(F)F)cc2C(F)(F)F)c(-n2c3ccc(C)cc3c3cc(C)ccc32)cc1C#N. The summed E-state index contributed by atoms with van der Waals surface area (Å²) >= 11 is 0. The van der Waals surface area contributed by atoms with E-state index in [1.807, 2.05) is 105 Å². The highest BCUT2D eigenvalue weighted by Crippen LogP contribution is 2.46. The van der Waals surface area contributed by atoms with Crippen LogP contribution in [0, 0.1) is 39.0 Å². The molecule has 2 aromatic heterocycles. The van der Waals surface area contributed by atoms with E-state index in [0.29, 0.717) is 22.8 Å². The van der Waals surface area contributed by atoms with Crippen LogP contribution in [0.15, 0.2) is 103 Å². The monoisotopic (exact) mass is 701 g/mol. The number of hydrogen-bond donors (Lipinski definition) is 0. The third kappa shape index (κ3) is 5.20. The zero-order valence-corrected chi connectivity index (χ0v) is 28.4. The summed E-state index contributed by atoms with van der Waals surface area (Å²) in [4.78, 5) is 0. The number of nitrogens with zero attached hydrogens (tertiary/aromatic N) is 3. The number of fused-ring (bicyclic) bond motifs is 6. The molecule has 0 aliphatic rings. The topological polar surface area (TPSA) is 33.6 Å². The van der Waals surface area contributed by atoms with E-state index in [9.17, 15) is 31.6 Å². The first-order chi connectivity index (χ1) is 24.6. The average Bonchev–Trinajstić information content (AvgIpc) is 3.57. The van der Waals surface area contributed by atoms with E-state index in [1.54, 1.807) is 10.6 Å². The van der Waals surface area contributed by atoms with E-state index >= 15 is 0 Å². The van der Waals surface area contributed by atoms with Crippen molar-refractivity contribution in [2.45, 2.75) is 40.0 Å². The molecule has 9 heteroatoms. The predicted molar refractivity (Wildman–Crippen MR) is 194 cm³/mol. The molecule has 0 spiro atoms. The molecule has 258 valence electrons. The minimum Gasteiger partial charge on any atom is -0.309 e. The van der Waals surface area contributed by atoms with Gasteiger partial charge in [0.25, 0.3) is 0 Å². The van der Waals surface area contributed by atoms with Gasteiger partial charge in [0.1, 0.15) is 6.07 Å². The lowest BCUT2D eigenvalue weighted by Gasteiger charge is -2.22. The Kier molecular flexibility index (Phi) is 7.33. The standard InChI is InChI=1S/C43H29F6N3/c1-23-5-11-36-30(15-23)31-16-24(2)6-12-37(31)51(36)40-21-34(29-10-9-28(42(44,45)46)20-35(29)43(47,48)49)41(19-27(40)22-50)52-38-13-7-25(3)17-32(38)33-18-26(4)8-14-39(33)52/h5-21H,1-4H3. The Balaban J connectivity index is 1.57. The lowest BCUT2D eigenvalue weighted by Crippen LogP contribution is -2.13. The van der Waals surface area contributed by atoms with Crippen LogP contribution < -0.4 is 0 Å². The molecule has 0 unspecified atom stereocenters. The Bertz CT molecular complexity index is 2710. The maximum Gasteiger partial charge on any atom is 0.417 e. The van der Waals surface area contributed by atoms with Gasteiger partial charge in [-0.2, -0.15) is 31.6 Å². The van der Waals surface area contributed by atoms with Crippen LogP contribution in [0.4, 0.5) is 26.3 Å². The quantitative estimate of drug-likeness (QED) is 0.169. The first-order valence-corrected chi connectivity index (χ1v) is 16.5. The number of aromatic nitrogens is 2. The van der Waals surface area contributed by atoms with Gasteiger partial charge < -0.3 is 9.13 Å². The van der Waals surface area contributed by atoms with Crippen molar-refractivity contribution < 1.29 is 26.3 Å². The summed E-state index contributed by atoms with van der Waals surface area (Å²) in [6.07, 6.45) is -10.1. The van der Waals surface area contributed by atoms with Gasteiger partial charge in [-0.1, -0.05) is 52.6 Å². The largest absolute Gasteiger partial charge is 0.417 e. The van der Waals surface area contributed by atoms with E-state index in [-0.39, 0.29) is 22.9 Å². The van der Waals surface area contributed by atoms with E-state index in [4.69, 9.17) is 0 Å². The lowest BCUT2D eigenvalue weighted by molar-refractivity contribution is -0.142. The Hall–Kier alpha value is -6.01. The maximum atomic E-state index is 15.0. The van der Waals surface area contributed by atoms with E-state index in [0.717, 1.165) is 60.9 Å². The molecule has 2 heterocycles. The van der Waals surface area contributed by atoms with Gasteiger partial charge >= 0.3 is 12.4 Å². The molecule has 0 saturated carbocycles. The zero-order valence-electron chi connectivity index (χ0n) is 28.4. The highest BCUT2D eigenvalue weighted by atomic mass is 19.4. The second kappa shape index (κ2) is 11.5. The lowest BCUT2D eigenvalue weighted by atomic mass is 9.93. The number of hydrogen-bond acceptors (Lipinski definition) is 1. The molecule has 0 aliphatic heterocycles. The third-order valence-electron chi connectivity index (χ3n) is 9.81. The summed E-state index contributed by atoms with van der Waals surface area (Å²) in [6.45, 7) is 7.81. The number of nitriles is 1. The molecule has 52 heavy (non-hydrogen) atoms. The van der Waals surface area contributed by atoms with Crippen LogP contribution in [0.3, 0.4) is 0 Å². The molecule has 0 amide bonds. The summed E-state index contributed by atoms with van der Waals surface area (Å²) in [5.74, 6) is 0. The smallest absolute Gasteiger partial charge is 0.309 e. The normalized spacial score (nSPS) is 12.4. The van der Waals surface area contributed by atoms with Gasteiger partial charge in [-0.25, -0.2) is 0 Å². The van der Waals surface area contributed by atoms with Crippen molar-refractivity contribution in [2.24, 2.45) is 0 Å². The Morgan fingerprint density at radius 3 is 1.27 bits per heavy atom. The number of rotatable bonds is 3. The Morgan fingerprint density at radius 2 is 0.885 bits per heavy atom. The van der Waals surface area contributed by atoms with Crippen molar-refractivity contribution in [2.75, 3.05) is 0 Å². The van der Waals surface area contributed by atoms with Crippen LogP contribution in [-0.2, 0) is 12.4 Å². The van der Waals surface area contributed by atoms with E-state index in [2.05, 4.69) is 6.07 Å². The van der Waals surface area contributed by atoms with Crippen molar-refractivity contribution in [3.8, 4) is 28.6 Å². The second-order valence-corrected chi connectivity index (χ2v) is 13.5. The van der Waals surface area contributed by atoms with Gasteiger partial charge in [0, 0.05) is 27.1 Å². The van der Waals surface area contributed by atoms with Crippen LogP contribution in [0.1, 0.15) is 38.9 Å². The summed E-state index contributed by atoms with van der Waals surface area (Å²) < 4.78 is 90.2. The predicted octanol–water partition coefficient (Wildman–Crippen LogP) is 12.7. The molecule has 0 aliphatic carbocycles. The van der Waals surface area contributed by atoms with Gasteiger partial charge in [0.15, 0.2) is 0 Å². The van der Waals surface area contributed by atoms with Gasteiger partial charge in [-0.15, -0.1) is 0 Å². The van der Waals surface area contributed by atoms with Crippen molar-refractivity contribution in [3.63, 3.8) is 0 Å². The number of benzene rings is 6. The highest BCUT2D eigenvalue weighted by Gasteiger charge is 2.39. The van der Waals surface area contributed by atoms with Gasteiger partial charge in [0.05, 0.1) is 50.1 Å². The highest BCUT2D eigenvalue weighted by molar-refractivity contribution is 6.11. The number of halogens is 6. The van der Waals surface area contributed by atoms with Crippen LogP contribution in [0.5, 0.6) is 0 Å². The van der Waals surface area contributed by atoms with Crippen LogP contribution >= 0.6 is 0 Å². The Labute approximate surface area is 294 Å². The molecular weight excluding hydrogens is 672 g/mol. The first kappa shape index (κ1) is 33.2. The van der Waals surface area contributed by atoms with Crippen LogP contribution in [0.2, 0.25) is 0 Å². The van der Waals surface area contributed by atoms with Crippen molar-refractivity contribution in [1.82, 2.24) is 9.13 Å². The maximum absolute atomic E-state index is 15.0. The minimum atomic E-state index is -5.14. The molecule has 0 saturated heterocycles. The van der Waals surface area contributed by atoms with E-state index in [1.165, 1.54) is 6.07 Å². The average molecular weight is 702 g/mol. The molecule has 0 N–H and O–H groups in total. The van der Waals surface area contributed by atoms with Crippen molar-refractivity contribution in [1.29, 1.82) is 5.26 Å². The van der Waals surface area contributed by atoms with Crippen LogP contribution in [-0.4, -0.2) is 9.13 Å². The minimum absolute atomic E-state index is 0.0178. The van der Waals surface area contributed by atoms with Crippen molar-refractivity contribution >= 4 is 43.6 Å². The molecule has 0 fully saturated rings. The van der Waals surface area contributed by atoms with Gasteiger partial charge in [-0.3, -0.25) is 0 Å². The summed E-state index contributed by atoms with van der Waals surface area (Å²) in [5, 5.41) is 14.3. The fourth-order valence-electron chi connectivity index (χ4n) is 7.46. The molecule has 0 atom stereocenters. The van der Waals surface area contributed by atoms with Crippen LogP contribution in [0.25, 0.3) is 66.1 Å². The van der Waals surface area contributed by atoms with Gasteiger partial charge in [0.2, 0.25) is 0 Å². The molecule has 0 bridgehead atoms. The summed E-state index contributed by atoms with van der Waals surface area (Å²) in [7, 11) is 0. The second-order valence-electron chi connectivity index (χ2n) is 13.5. The fraction of sp³-hybridized carbons (Fsp3) is 0.140. The Morgan fingerprint density at radius 1 is 0.462 bits per heavy atom. The third-order valence-corrected chi connectivity index (χ3v) is 9.81. The van der Waals surface area contributed by atoms with Crippen molar-refractivity contribution in [3.05, 3.63) is 142 Å². The molecule has 8 rings (SSSR count). The molecular formula is C43H29F6N3. The fourth-order valence-corrected chi connectivity index (χ4v) is 7.46. The van der Waals surface area contributed by atoms with Gasteiger partial charge in [-0.05, 0) is 106 Å². The summed E-state index contributed by atoms with van der Waals surface area (Å²) in [5.41, 5.74) is 4.19. The summed E-state index contributed by atoms with van der Waals surface area (Å²) in [6, 6.07) is 30.3. The number of aryl methyl sites for hydroxylation is 4. The molecule has 3 nitrogen and oxygen atoms in total. The molecule has 6 aromatic carbocycles. The first-order valence-electron chi connectivity index (χ1n) is 16.5. The zero-order chi connectivity index (χ0) is 36.9. The number of alkyl halides is 6. The molecule has 8 aromatic rings.